The average Bonchev–Trinajstić information content (AvgIpc) is 2.68. The lowest BCUT2D eigenvalue weighted by Gasteiger charge is -2.11. The summed E-state index contributed by atoms with van der Waals surface area (Å²) >= 11 is 5.90. The van der Waals surface area contributed by atoms with E-state index < -0.39 is 0 Å². The first-order valence-electron chi connectivity index (χ1n) is 7.98. The second-order valence-corrected chi connectivity index (χ2v) is 5.88. The fraction of sp³-hybridized carbons (Fsp3) is 0.158. The summed E-state index contributed by atoms with van der Waals surface area (Å²) in [7, 11) is 3.20. The summed E-state index contributed by atoms with van der Waals surface area (Å²) in [5, 5.41) is 7.15. The molecular weight excluding hydrogens is 352 g/mol. The second-order valence-electron chi connectivity index (χ2n) is 5.44. The molecule has 0 amide bonds. The van der Waals surface area contributed by atoms with Gasteiger partial charge in [-0.15, -0.1) is 0 Å². The highest BCUT2D eigenvalue weighted by Crippen LogP contribution is 2.30. The monoisotopic (exact) mass is 370 g/mol. The van der Waals surface area contributed by atoms with Gasteiger partial charge in [0.05, 0.1) is 14.2 Å². The first kappa shape index (κ1) is 17.8. The van der Waals surface area contributed by atoms with Crippen molar-refractivity contribution in [2.24, 2.45) is 0 Å². The number of nitrogens with zero attached hydrogens (tertiary/aromatic N) is 2. The molecule has 0 spiro atoms. The molecule has 1 heterocycles. The van der Waals surface area contributed by atoms with Crippen LogP contribution in [0.25, 0.3) is 0 Å². The largest absolute Gasteiger partial charge is 0.493 e. The normalized spacial score (nSPS) is 10.3. The van der Waals surface area contributed by atoms with Crippen LogP contribution in [0.5, 0.6) is 11.5 Å². The summed E-state index contributed by atoms with van der Waals surface area (Å²) in [5.74, 6) is 2.50. The van der Waals surface area contributed by atoms with Gasteiger partial charge in [0.25, 0.3) is 0 Å². The van der Waals surface area contributed by atoms with Crippen molar-refractivity contribution < 1.29 is 9.47 Å². The van der Waals surface area contributed by atoms with Gasteiger partial charge in [-0.3, -0.25) is 0 Å². The second kappa shape index (κ2) is 8.40. The molecule has 0 atom stereocenters. The number of halogens is 1. The SMILES string of the molecule is COc1ccc(Nc2nccc(NCc3ccc(Cl)cc3)n2)cc1OC. The number of anilines is 3. The Bertz CT molecular complexity index is 872. The van der Waals surface area contributed by atoms with E-state index in [1.165, 1.54) is 0 Å². The molecular formula is C19H19ClN4O2. The van der Waals surface area contributed by atoms with Crippen LogP contribution in [-0.2, 0) is 6.54 Å². The zero-order chi connectivity index (χ0) is 18.4. The van der Waals surface area contributed by atoms with Gasteiger partial charge in [-0.2, -0.15) is 4.98 Å². The Kier molecular flexibility index (Phi) is 5.76. The van der Waals surface area contributed by atoms with Crippen molar-refractivity contribution in [1.29, 1.82) is 0 Å². The highest BCUT2D eigenvalue weighted by Gasteiger charge is 2.06. The van der Waals surface area contributed by atoms with Gasteiger partial charge in [0.1, 0.15) is 5.82 Å². The fourth-order valence-electron chi connectivity index (χ4n) is 2.36. The molecule has 0 aliphatic heterocycles. The molecule has 3 aromatic rings. The highest BCUT2D eigenvalue weighted by atomic mass is 35.5. The highest BCUT2D eigenvalue weighted by molar-refractivity contribution is 6.30. The molecule has 3 rings (SSSR count). The van der Waals surface area contributed by atoms with Crippen LogP contribution in [0.1, 0.15) is 5.56 Å². The lowest BCUT2D eigenvalue weighted by molar-refractivity contribution is 0.355. The Balaban J connectivity index is 1.68. The molecule has 0 radical (unpaired) electrons. The third kappa shape index (κ3) is 4.55. The summed E-state index contributed by atoms with van der Waals surface area (Å²) in [6.07, 6.45) is 1.69. The molecule has 0 bridgehead atoms. The Morgan fingerprint density at radius 3 is 2.46 bits per heavy atom. The summed E-state index contributed by atoms with van der Waals surface area (Å²) in [6, 6.07) is 15.0. The maximum atomic E-state index is 5.90. The summed E-state index contributed by atoms with van der Waals surface area (Å²) < 4.78 is 10.5. The maximum Gasteiger partial charge on any atom is 0.229 e. The fourth-order valence-corrected chi connectivity index (χ4v) is 2.48. The van der Waals surface area contributed by atoms with Crippen molar-refractivity contribution in [3.05, 3.63) is 65.3 Å². The molecule has 0 fully saturated rings. The quantitative estimate of drug-likeness (QED) is 0.638. The number of methoxy groups -OCH3 is 2. The molecule has 2 N–H and O–H groups in total. The van der Waals surface area contributed by atoms with Crippen LogP contribution in [0.4, 0.5) is 17.5 Å². The molecule has 0 unspecified atom stereocenters. The molecule has 2 aromatic carbocycles. The van der Waals surface area contributed by atoms with Crippen molar-refractivity contribution in [2.75, 3.05) is 24.9 Å². The van der Waals surface area contributed by atoms with Crippen molar-refractivity contribution in [3.8, 4) is 11.5 Å². The molecule has 0 aliphatic carbocycles. The van der Waals surface area contributed by atoms with E-state index in [2.05, 4.69) is 20.6 Å². The van der Waals surface area contributed by atoms with E-state index in [1.54, 1.807) is 20.4 Å². The maximum absolute atomic E-state index is 5.90. The smallest absolute Gasteiger partial charge is 0.229 e. The summed E-state index contributed by atoms with van der Waals surface area (Å²) in [5.41, 5.74) is 1.92. The van der Waals surface area contributed by atoms with E-state index in [-0.39, 0.29) is 0 Å². The lowest BCUT2D eigenvalue weighted by atomic mass is 10.2. The Hall–Kier alpha value is -2.99. The van der Waals surface area contributed by atoms with Crippen LogP contribution in [-0.4, -0.2) is 24.2 Å². The number of benzene rings is 2. The Morgan fingerprint density at radius 2 is 1.73 bits per heavy atom. The number of rotatable bonds is 7. The van der Waals surface area contributed by atoms with E-state index in [0.717, 1.165) is 22.1 Å². The standard InChI is InChI=1S/C19H19ClN4O2/c1-25-16-8-7-15(11-17(16)26-2)23-19-21-10-9-18(24-19)22-12-13-3-5-14(20)6-4-13/h3-11H,12H2,1-2H3,(H2,21,22,23,24). The first-order valence-corrected chi connectivity index (χ1v) is 8.36. The molecule has 26 heavy (non-hydrogen) atoms. The minimum Gasteiger partial charge on any atom is -0.493 e. The van der Waals surface area contributed by atoms with E-state index in [4.69, 9.17) is 21.1 Å². The van der Waals surface area contributed by atoms with Crippen LogP contribution in [0.15, 0.2) is 54.7 Å². The van der Waals surface area contributed by atoms with E-state index in [9.17, 15) is 0 Å². The zero-order valence-electron chi connectivity index (χ0n) is 14.5. The summed E-state index contributed by atoms with van der Waals surface area (Å²) in [6.45, 7) is 0.643. The molecule has 0 aliphatic rings. The molecule has 1 aromatic heterocycles. The van der Waals surface area contributed by atoms with Crippen LogP contribution >= 0.6 is 11.6 Å². The van der Waals surface area contributed by atoms with Gasteiger partial charge >= 0.3 is 0 Å². The molecule has 0 saturated carbocycles. The van der Waals surface area contributed by atoms with Crippen molar-refractivity contribution in [3.63, 3.8) is 0 Å². The summed E-state index contributed by atoms with van der Waals surface area (Å²) in [4.78, 5) is 8.71. The van der Waals surface area contributed by atoms with Gasteiger partial charge < -0.3 is 20.1 Å². The number of aromatic nitrogens is 2. The van der Waals surface area contributed by atoms with E-state index in [0.29, 0.717) is 24.0 Å². The van der Waals surface area contributed by atoms with E-state index >= 15 is 0 Å². The van der Waals surface area contributed by atoms with E-state index in [1.807, 2.05) is 48.5 Å². The average molecular weight is 371 g/mol. The molecule has 7 heteroatoms. The third-order valence-electron chi connectivity index (χ3n) is 3.68. The Morgan fingerprint density at radius 1 is 0.962 bits per heavy atom. The van der Waals surface area contributed by atoms with Crippen molar-refractivity contribution >= 4 is 29.1 Å². The van der Waals surface area contributed by atoms with Crippen LogP contribution in [0, 0.1) is 0 Å². The van der Waals surface area contributed by atoms with Crippen molar-refractivity contribution in [2.45, 2.75) is 6.54 Å². The van der Waals surface area contributed by atoms with Gasteiger partial charge in [-0.1, -0.05) is 23.7 Å². The lowest BCUT2D eigenvalue weighted by Crippen LogP contribution is -2.04. The Labute approximate surface area is 157 Å². The minimum absolute atomic E-state index is 0.485. The van der Waals surface area contributed by atoms with Gasteiger partial charge in [0, 0.05) is 29.5 Å². The first-order chi connectivity index (χ1) is 12.7. The third-order valence-corrected chi connectivity index (χ3v) is 3.93. The van der Waals surface area contributed by atoms with Gasteiger partial charge in [-0.05, 0) is 35.9 Å². The predicted molar refractivity (Wildman–Crippen MR) is 104 cm³/mol. The van der Waals surface area contributed by atoms with Crippen LogP contribution < -0.4 is 20.1 Å². The van der Waals surface area contributed by atoms with Crippen molar-refractivity contribution in [1.82, 2.24) is 9.97 Å². The number of nitrogens with one attached hydrogen (secondary N) is 2. The zero-order valence-corrected chi connectivity index (χ0v) is 15.2. The molecule has 134 valence electrons. The van der Waals surface area contributed by atoms with Crippen LogP contribution in [0.2, 0.25) is 5.02 Å². The molecule has 6 nitrogen and oxygen atoms in total. The van der Waals surface area contributed by atoms with Gasteiger partial charge in [-0.25, -0.2) is 4.98 Å². The number of hydrogen-bond donors (Lipinski definition) is 2. The van der Waals surface area contributed by atoms with Crippen LogP contribution in [0.3, 0.4) is 0 Å². The predicted octanol–water partition coefficient (Wildman–Crippen LogP) is 4.50. The number of hydrogen-bond acceptors (Lipinski definition) is 6. The number of ether oxygens (including phenoxy) is 2. The van der Waals surface area contributed by atoms with Gasteiger partial charge in [0.15, 0.2) is 11.5 Å². The minimum atomic E-state index is 0.485. The molecule has 0 saturated heterocycles. The van der Waals surface area contributed by atoms with Gasteiger partial charge in [0.2, 0.25) is 5.95 Å². The topological polar surface area (TPSA) is 68.3 Å².